The van der Waals surface area contributed by atoms with Crippen LogP contribution < -0.4 is 5.32 Å². The van der Waals surface area contributed by atoms with Gasteiger partial charge in [0.1, 0.15) is 0 Å². The van der Waals surface area contributed by atoms with Gasteiger partial charge >= 0.3 is 0 Å². The maximum atomic E-state index is 12.4. The Labute approximate surface area is 122 Å². The highest BCUT2D eigenvalue weighted by atomic mass is 79.9. The predicted octanol–water partition coefficient (Wildman–Crippen LogP) is 1.68. The van der Waals surface area contributed by atoms with Gasteiger partial charge in [-0.1, -0.05) is 0 Å². The lowest BCUT2D eigenvalue weighted by atomic mass is 10.0. The summed E-state index contributed by atoms with van der Waals surface area (Å²) in [6, 6.07) is 0. The quantitative estimate of drug-likeness (QED) is 0.918. The first-order chi connectivity index (χ1) is 8.86. The minimum Gasteiger partial charge on any atom is -0.334 e. The fourth-order valence-electron chi connectivity index (χ4n) is 2.43. The number of piperazine rings is 1. The molecule has 0 aromatic carbocycles. The van der Waals surface area contributed by atoms with Crippen LogP contribution in [0.3, 0.4) is 0 Å². The molecular weight excluding hydrogens is 308 g/mol. The summed E-state index contributed by atoms with van der Waals surface area (Å²) in [5, 5.41) is 7.72. The van der Waals surface area contributed by atoms with Crippen LogP contribution in [-0.4, -0.2) is 39.2 Å². The lowest BCUT2D eigenvalue weighted by Crippen LogP contribution is -2.60. The van der Waals surface area contributed by atoms with E-state index < -0.39 is 5.54 Å². The molecule has 1 amide bonds. The lowest BCUT2D eigenvalue weighted by Gasteiger charge is -2.38. The summed E-state index contributed by atoms with van der Waals surface area (Å²) in [6.07, 6.45) is 0. The Morgan fingerprint density at radius 2 is 2.16 bits per heavy atom. The highest BCUT2D eigenvalue weighted by molar-refractivity contribution is 9.10. The monoisotopic (exact) mass is 328 g/mol. The molecule has 0 saturated carbocycles. The van der Waals surface area contributed by atoms with Crippen molar-refractivity contribution >= 4 is 21.8 Å². The molecular formula is C13H21BrN4O. The molecule has 19 heavy (non-hydrogen) atoms. The molecule has 2 heterocycles. The Hall–Kier alpha value is -0.880. The molecule has 5 nitrogen and oxygen atoms in total. The van der Waals surface area contributed by atoms with Crippen molar-refractivity contribution in [1.29, 1.82) is 0 Å². The van der Waals surface area contributed by atoms with E-state index in [0.29, 0.717) is 6.54 Å². The van der Waals surface area contributed by atoms with Crippen molar-refractivity contribution in [3.63, 3.8) is 0 Å². The first kappa shape index (κ1) is 14.5. The maximum absolute atomic E-state index is 12.4. The number of aryl methyl sites for hydroxylation is 2. The highest BCUT2D eigenvalue weighted by Crippen LogP contribution is 2.24. The van der Waals surface area contributed by atoms with Gasteiger partial charge in [-0.05, 0) is 43.6 Å². The van der Waals surface area contributed by atoms with E-state index in [4.69, 9.17) is 0 Å². The highest BCUT2D eigenvalue weighted by Gasteiger charge is 2.35. The Morgan fingerprint density at radius 1 is 1.47 bits per heavy atom. The fraction of sp³-hybridized carbons (Fsp3) is 0.692. The Bertz CT molecular complexity index is 495. The second kappa shape index (κ2) is 5.25. The van der Waals surface area contributed by atoms with Gasteiger partial charge < -0.3 is 10.2 Å². The van der Waals surface area contributed by atoms with Gasteiger partial charge in [-0.3, -0.25) is 9.48 Å². The maximum Gasteiger partial charge on any atom is 0.242 e. The molecule has 1 N–H and O–H groups in total. The van der Waals surface area contributed by atoms with Crippen LogP contribution in [0.5, 0.6) is 0 Å². The average molecular weight is 329 g/mol. The van der Waals surface area contributed by atoms with E-state index in [0.717, 1.165) is 35.5 Å². The number of hydrogen-bond acceptors (Lipinski definition) is 3. The molecule has 0 radical (unpaired) electrons. The van der Waals surface area contributed by atoms with E-state index in [1.807, 2.05) is 30.4 Å². The standard InChI is InChI=1S/C13H21BrN4O/c1-5-18-10(11(14)9(2)16-18)8-17-7-6-15-13(3,4)12(17)19/h15H,5-8H2,1-4H3. The van der Waals surface area contributed by atoms with Crippen LogP contribution in [0.15, 0.2) is 4.47 Å². The van der Waals surface area contributed by atoms with Gasteiger partial charge in [0.05, 0.1) is 27.9 Å². The lowest BCUT2D eigenvalue weighted by molar-refractivity contribution is -0.140. The van der Waals surface area contributed by atoms with Crippen LogP contribution in [0.4, 0.5) is 0 Å². The van der Waals surface area contributed by atoms with Gasteiger partial charge in [-0.2, -0.15) is 5.10 Å². The third kappa shape index (κ3) is 2.69. The molecule has 1 saturated heterocycles. The summed E-state index contributed by atoms with van der Waals surface area (Å²) < 4.78 is 2.97. The zero-order valence-electron chi connectivity index (χ0n) is 12.0. The topological polar surface area (TPSA) is 50.2 Å². The molecule has 0 bridgehead atoms. The fourth-order valence-corrected chi connectivity index (χ4v) is 2.84. The molecule has 0 unspecified atom stereocenters. The smallest absolute Gasteiger partial charge is 0.242 e. The SMILES string of the molecule is CCn1nc(C)c(Br)c1CN1CCNC(C)(C)C1=O. The largest absolute Gasteiger partial charge is 0.334 e. The van der Waals surface area contributed by atoms with E-state index in [2.05, 4.69) is 33.3 Å². The van der Waals surface area contributed by atoms with Gasteiger partial charge in [0, 0.05) is 19.6 Å². The number of halogens is 1. The Morgan fingerprint density at radius 3 is 2.79 bits per heavy atom. The third-order valence-electron chi connectivity index (χ3n) is 3.56. The van der Waals surface area contributed by atoms with Crippen LogP contribution in [0.1, 0.15) is 32.2 Å². The molecule has 6 heteroatoms. The Kier molecular flexibility index (Phi) is 4.01. The first-order valence-corrected chi connectivity index (χ1v) is 7.42. The van der Waals surface area contributed by atoms with Gasteiger partial charge in [0.25, 0.3) is 0 Å². The van der Waals surface area contributed by atoms with Crippen molar-refractivity contribution in [3.05, 3.63) is 15.9 Å². The molecule has 1 aromatic rings. The summed E-state index contributed by atoms with van der Waals surface area (Å²) in [6.45, 7) is 10.9. The predicted molar refractivity (Wildman–Crippen MR) is 77.8 cm³/mol. The summed E-state index contributed by atoms with van der Waals surface area (Å²) in [7, 11) is 0. The molecule has 0 atom stereocenters. The molecule has 1 aliphatic heterocycles. The molecule has 1 fully saturated rings. The molecule has 1 aliphatic rings. The Balaban J connectivity index is 2.24. The second-order valence-electron chi connectivity index (χ2n) is 5.44. The summed E-state index contributed by atoms with van der Waals surface area (Å²) >= 11 is 3.58. The number of nitrogens with zero attached hydrogens (tertiary/aromatic N) is 3. The second-order valence-corrected chi connectivity index (χ2v) is 6.23. The zero-order valence-corrected chi connectivity index (χ0v) is 13.5. The number of aromatic nitrogens is 2. The number of amides is 1. The van der Waals surface area contributed by atoms with Crippen LogP contribution in [0.25, 0.3) is 0 Å². The van der Waals surface area contributed by atoms with Crippen molar-refractivity contribution in [2.75, 3.05) is 13.1 Å². The number of nitrogens with one attached hydrogen (secondary N) is 1. The van der Waals surface area contributed by atoms with E-state index in [9.17, 15) is 4.79 Å². The number of carbonyl (C=O) groups is 1. The van der Waals surface area contributed by atoms with Crippen LogP contribution in [0.2, 0.25) is 0 Å². The van der Waals surface area contributed by atoms with Crippen LogP contribution in [0, 0.1) is 6.92 Å². The molecule has 0 aliphatic carbocycles. The number of carbonyl (C=O) groups excluding carboxylic acids is 1. The van der Waals surface area contributed by atoms with Gasteiger partial charge in [0.2, 0.25) is 5.91 Å². The molecule has 2 rings (SSSR count). The first-order valence-electron chi connectivity index (χ1n) is 6.63. The molecule has 1 aromatic heterocycles. The molecule has 0 spiro atoms. The van der Waals surface area contributed by atoms with E-state index in [-0.39, 0.29) is 5.91 Å². The van der Waals surface area contributed by atoms with Crippen molar-refractivity contribution in [2.45, 2.75) is 46.3 Å². The van der Waals surface area contributed by atoms with Crippen molar-refractivity contribution in [3.8, 4) is 0 Å². The number of hydrogen-bond donors (Lipinski definition) is 1. The molecule has 106 valence electrons. The third-order valence-corrected chi connectivity index (χ3v) is 4.60. The van der Waals surface area contributed by atoms with Crippen LogP contribution >= 0.6 is 15.9 Å². The van der Waals surface area contributed by atoms with Gasteiger partial charge in [-0.15, -0.1) is 0 Å². The van der Waals surface area contributed by atoms with E-state index in [1.54, 1.807) is 0 Å². The summed E-state index contributed by atoms with van der Waals surface area (Å²) in [5.74, 6) is 0.146. The van der Waals surface area contributed by atoms with Crippen molar-refractivity contribution in [2.24, 2.45) is 0 Å². The minimum absolute atomic E-state index is 0.146. The minimum atomic E-state index is -0.475. The summed E-state index contributed by atoms with van der Waals surface area (Å²) in [5.41, 5.74) is 1.57. The summed E-state index contributed by atoms with van der Waals surface area (Å²) in [4.78, 5) is 14.3. The van der Waals surface area contributed by atoms with Crippen molar-refractivity contribution < 1.29 is 4.79 Å². The van der Waals surface area contributed by atoms with Gasteiger partial charge in [0.15, 0.2) is 0 Å². The van der Waals surface area contributed by atoms with E-state index in [1.165, 1.54) is 0 Å². The van der Waals surface area contributed by atoms with Crippen LogP contribution in [-0.2, 0) is 17.9 Å². The average Bonchev–Trinajstić information content (AvgIpc) is 2.62. The van der Waals surface area contributed by atoms with E-state index >= 15 is 0 Å². The zero-order chi connectivity index (χ0) is 14.2. The number of rotatable bonds is 3. The van der Waals surface area contributed by atoms with Gasteiger partial charge in [-0.25, -0.2) is 0 Å². The normalized spacial score (nSPS) is 19.0. The van der Waals surface area contributed by atoms with Crippen molar-refractivity contribution in [1.82, 2.24) is 20.0 Å².